The molecule has 0 radical (unpaired) electrons. The highest BCUT2D eigenvalue weighted by molar-refractivity contribution is 7.99. The summed E-state index contributed by atoms with van der Waals surface area (Å²) in [5.74, 6) is -0.0921. The monoisotopic (exact) mass is 490 g/mol. The fourth-order valence-electron chi connectivity index (χ4n) is 3.47. The lowest BCUT2D eigenvalue weighted by molar-refractivity contribution is -0.210. The van der Waals surface area contributed by atoms with Gasteiger partial charge in [0.25, 0.3) is 10.1 Å². The van der Waals surface area contributed by atoms with Crippen LogP contribution in [0, 0.1) is 6.92 Å². The van der Waals surface area contributed by atoms with Gasteiger partial charge in [0.05, 0.1) is 23.8 Å². The standard InChI is InChI=1S/C22H22N2O5S3/c1-15-7-5-10-19-21(15)16(14-31-19)13-24-18-9-4-3-8-17(18)23-22(24)30-12-6-11-20(25)28-29-32(2,26)27/h3-5,7-10,14H,6,11-13H2,1-2H3. The summed E-state index contributed by atoms with van der Waals surface area (Å²) in [6, 6.07) is 14.4. The smallest absolute Gasteiger partial charge is 0.314 e. The Bertz CT molecular complexity index is 1370. The molecule has 4 rings (SSSR count). The quantitative estimate of drug-likeness (QED) is 0.142. The Morgan fingerprint density at radius 1 is 1.19 bits per heavy atom. The molecule has 2 aromatic heterocycles. The first kappa shape index (κ1) is 22.8. The highest BCUT2D eigenvalue weighted by atomic mass is 32.2. The average Bonchev–Trinajstić information content (AvgIpc) is 3.32. The number of imidazole rings is 1. The minimum Gasteiger partial charge on any atom is -0.314 e. The van der Waals surface area contributed by atoms with E-state index in [1.54, 1.807) is 23.1 Å². The SMILES string of the molecule is Cc1cccc2scc(Cn3c(SCCCC(=O)OOS(C)(=O)=O)nc4ccccc43)c12. The predicted molar refractivity (Wildman–Crippen MR) is 127 cm³/mol. The summed E-state index contributed by atoms with van der Waals surface area (Å²) in [6.45, 7) is 2.84. The first-order chi connectivity index (χ1) is 15.3. The maximum atomic E-state index is 11.6. The number of hydrogen-bond acceptors (Lipinski definition) is 8. The summed E-state index contributed by atoms with van der Waals surface area (Å²) in [4.78, 5) is 20.7. The molecule has 10 heteroatoms. The Balaban J connectivity index is 1.49. The Kier molecular flexibility index (Phi) is 6.85. The van der Waals surface area contributed by atoms with Crippen molar-refractivity contribution in [2.75, 3.05) is 12.0 Å². The van der Waals surface area contributed by atoms with E-state index in [0.29, 0.717) is 18.7 Å². The molecule has 0 saturated heterocycles. The van der Waals surface area contributed by atoms with Crippen molar-refractivity contribution in [2.24, 2.45) is 0 Å². The van der Waals surface area contributed by atoms with Crippen molar-refractivity contribution in [3.63, 3.8) is 0 Å². The van der Waals surface area contributed by atoms with Crippen molar-refractivity contribution in [3.8, 4) is 0 Å². The van der Waals surface area contributed by atoms with Gasteiger partial charge >= 0.3 is 5.97 Å². The van der Waals surface area contributed by atoms with Crippen LogP contribution < -0.4 is 0 Å². The minimum atomic E-state index is -3.82. The molecule has 0 amide bonds. The summed E-state index contributed by atoms with van der Waals surface area (Å²) < 4.78 is 29.3. The first-order valence-corrected chi connectivity index (χ1v) is 13.6. The number of thiophene rings is 1. The Morgan fingerprint density at radius 2 is 2.00 bits per heavy atom. The van der Waals surface area contributed by atoms with Gasteiger partial charge in [-0.05, 0) is 48.1 Å². The van der Waals surface area contributed by atoms with E-state index in [0.717, 1.165) is 22.4 Å². The lowest BCUT2D eigenvalue weighted by atomic mass is 10.1. The number of aryl methyl sites for hydroxylation is 1. The van der Waals surface area contributed by atoms with E-state index in [4.69, 9.17) is 4.98 Å². The van der Waals surface area contributed by atoms with E-state index in [2.05, 4.69) is 50.4 Å². The molecule has 0 atom stereocenters. The number of benzene rings is 2. The Morgan fingerprint density at radius 3 is 2.81 bits per heavy atom. The highest BCUT2D eigenvalue weighted by Crippen LogP contribution is 2.32. The average molecular weight is 491 g/mol. The molecule has 0 aliphatic rings. The van der Waals surface area contributed by atoms with Crippen molar-refractivity contribution < 1.29 is 22.4 Å². The maximum Gasteiger partial charge on any atom is 0.343 e. The molecule has 0 saturated carbocycles. The molecule has 2 aromatic carbocycles. The highest BCUT2D eigenvalue weighted by Gasteiger charge is 2.15. The molecule has 0 fully saturated rings. The van der Waals surface area contributed by atoms with Crippen LogP contribution >= 0.6 is 23.1 Å². The third-order valence-electron chi connectivity index (χ3n) is 4.84. The van der Waals surface area contributed by atoms with E-state index >= 15 is 0 Å². The van der Waals surface area contributed by atoms with Crippen LogP contribution in [0.5, 0.6) is 0 Å². The second-order valence-corrected chi connectivity index (χ2v) is 10.9. The maximum absolute atomic E-state index is 11.6. The second kappa shape index (κ2) is 9.62. The van der Waals surface area contributed by atoms with Crippen LogP contribution in [0.15, 0.2) is 53.0 Å². The summed E-state index contributed by atoms with van der Waals surface area (Å²) in [7, 11) is -3.82. The molecule has 0 bridgehead atoms. The van der Waals surface area contributed by atoms with Crippen molar-refractivity contribution in [1.29, 1.82) is 0 Å². The molecule has 0 unspecified atom stereocenters. The van der Waals surface area contributed by atoms with Gasteiger partial charge < -0.3 is 4.57 Å². The summed E-state index contributed by atoms with van der Waals surface area (Å²) in [6.07, 6.45) is 1.37. The number of para-hydroxylation sites is 2. The molecular weight excluding hydrogens is 468 g/mol. The molecular formula is C22H22N2O5S3. The lowest BCUT2D eigenvalue weighted by Gasteiger charge is -2.09. The van der Waals surface area contributed by atoms with Crippen LogP contribution in [0.1, 0.15) is 24.0 Å². The molecule has 2 heterocycles. The van der Waals surface area contributed by atoms with Crippen molar-refractivity contribution >= 4 is 60.3 Å². The topological polar surface area (TPSA) is 87.5 Å². The zero-order chi connectivity index (χ0) is 22.7. The number of carbonyl (C=O) groups is 1. The van der Waals surface area contributed by atoms with Gasteiger partial charge in [-0.25, -0.2) is 9.78 Å². The number of fused-ring (bicyclic) bond motifs is 2. The molecule has 0 N–H and O–H groups in total. The van der Waals surface area contributed by atoms with Gasteiger partial charge in [-0.2, -0.15) is 8.42 Å². The molecule has 0 aliphatic carbocycles. The minimum absolute atomic E-state index is 0.0527. The van der Waals surface area contributed by atoms with E-state index in [9.17, 15) is 13.2 Å². The first-order valence-electron chi connectivity index (χ1n) is 9.94. The molecule has 7 nitrogen and oxygen atoms in total. The van der Waals surface area contributed by atoms with Crippen molar-refractivity contribution in [1.82, 2.24) is 9.55 Å². The molecule has 168 valence electrons. The lowest BCUT2D eigenvalue weighted by Crippen LogP contribution is -2.10. The van der Waals surface area contributed by atoms with Crippen LogP contribution in [0.25, 0.3) is 21.1 Å². The van der Waals surface area contributed by atoms with E-state index < -0.39 is 16.1 Å². The van der Waals surface area contributed by atoms with Gasteiger partial charge in [-0.15, -0.1) is 11.3 Å². The molecule has 32 heavy (non-hydrogen) atoms. The zero-order valence-corrected chi connectivity index (χ0v) is 20.1. The molecule has 0 spiro atoms. The largest absolute Gasteiger partial charge is 0.343 e. The fraction of sp³-hybridized carbons (Fsp3) is 0.273. The van der Waals surface area contributed by atoms with Gasteiger partial charge in [0.1, 0.15) is 0 Å². The Hall–Kier alpha value is -2.40. The van der Waals surface area contributed by atoms with Gasteiger partial charge in [-0.3, -0.25) is 4.89 Å². The number of rotatable bonds is 9. The van der Waals surface area contributed by atoms with Crippen LogP contribution in [0.3, 0.4) is 0 Å². The van der Waals surface area contributed by atoms with Crippen molar-refractivity contribution in [3.05, 3.63) is 59.0 Å². The predicted octanol–water partition coefficient (Wildman–Crippen LogP) is 4.91. The normalized spacial score (nSPS) is 11.9. The van der Waals surface area contributed by atoms with E-state index in [-0.39, 0.29) is 6.42 Å². The van der Waals surface area contributed by atoms with Gasteiger partial charge in [0, 0.05) is 22.3 Å². The molecule has 4 aromatic rings. The fourth-order valence-corrected chi connectivity index (χ4v) is 5.65. The number of aromatic nitrogens is 2. The zero-order valence-electron chi connectivity index (χ0n) is 17.6. The van der Waals surface area contributed by atoms with Crippen LogP contribution in [-0.2, 0) is 30.7 Å². The van der Waals surface area contributed by atoms with Crippen LogP contribution in [0.4, 0.5) is 0 Å². The number of carbonyl (C=O) groups excluding carboxylic acids is 1. The van der Waals surface area contributed by atoms with Gasteiger partial charge in [-0.1, -0.05) is 40.4 Å². The summed E-state index contributed by atoms with van der Waals surface area (Å²) in [5, 5.41) is 4.37. The van der Waals surface area contributed by atoms with Crippen LogP contribution in [-0.4, -0.2) is 35.9 Å². The van der Waals surface area contributed by atoms with E-state index in [1.165, 1.54) is 21.2 Å². The van der Waals surface area contributed by atoms with Gasteiger partial charge in [0.2, 0.25) is 0 Å². The number of thioether (sulfide) groups is 1. The van der Waals surface area contributed by atoms with E-state index in [1.807, 2.05) is 18.2 Å². The number of nitrogens with zero attached hydrogens (tertiary/aromatic N) is 2. The number of hydrogen-bond donors (Lipinski definition) is 0. The van der Waals surface area contributed by atoms with Crippen molar-refractivity contribution in [2.45, 2.75) is 31.5 Å². The second-order valence-electron chi connectivity index (χ2n) is 7.36. The Labute approximate surface area is 194 Å². The van der Waals surface area contributed by atoms with Crippen LogP contribution in [0.2, 0.25) is 0 Å². The summed E-state index contributed by atoms with van der Waals surface area (Å²) >= 11 is 3.30. The summed E-state index contributed by atoms with van der Waals surface area (Å²) in [5.41, 5.74) is 4.50. The van der Waals surface area contributed by atoms with Gasteiger partial charge in [0.15, 0.2) is 5.16 Å². The molecule has 0 aliphatic heterocycles. The third-order valence-corrected chi connectivity index (χ3v) is 7.21. The third kappa shape index (κ3) is 5.32.